The van der Waals surface area contributed by atoms with Gasteiger partial charge in [0, 0.05) is 44.9 Å². The van der Waals surface area contributed by atoms with Crippen LogP contribution in [-0.2, 0) is 0 Å². The number of rotatable bonds is 7. The molecule has 0 bridgehead atoms. The second-order valence-corrected chi connectivity index (χ2v) is 10.2. The van der Waals surface area contributed by atoms with Gasteiger partial charge in [0.25, 0.3) is 0 Å². The average Bonchev–Trinajstić information content (AvgIpc) is 3.41. The van der Waals surface area contributed by atoms with Crippen LogP contribution in [0.25, 0.3) is 21.9 Å². The molecule has 216 valence electrons. The molecule has 0 saturated heterocycles. The smallest absolute Gasteiger partial charge is 0.456 e. The first-order valence-corrected chi connectivity index (χ1v) is 14.0. The molecule has 0 atom stereocenters. The Labute approximate surface area is 251 Å². The summed E-state index contributed by atoms with van der Waals surface area (Å²) >= 11 is 0. The predicted octanol–water partition coefficient (Wildman–Crippen LogP) is 11.4. The summed E-state index contributed by atoms with van der Waals surface area (Å²) in [6.07, 6.45) is -4.75. The normalized spacial score (nSPS) is 11.5. The Morgan fingerprint density at radius 3 is 1.43 bits per heavy atom. The van der Waals surface area contributed by atoms with Gasteiger partial charge in [-0.25, -0.2) is 0 Å². The molecule has 0 aliphatic heterocycles. The topological polar surface area (TPSA) is 28.9 Å². The zero-order valence-corrected chi connectivity index (χ0v) is 23.3. The first kappa shape index (κ1) is 27.2. The van der Waals surface area contributed by atoms with Crippen LogP contribution in [0.4, 0.5) is 47.3 Å². The van der Waals surface area contributed by atoms with Crippen LogP contribution in [0.15, 0.2) is 156 Å². The van der Waals surface area contributed by atoms with E-state index in [0.717, 1.165) is 50.4 Å². The highest BCUT2D eigenvalue weighted by Crippen LogP contribution is 2.41. The van der Waals surface area contributed by atoms with Gasteiger partial charge in [0.1, 0.15) is 16.9 Å². The van der Waals surface area contributed by atoms with Gasteiger partial charge in [0.05, 0.1) is 0 Å². The van der Waals surface area contributed by atoms with Crippen LogP contribution < -0.4 is 14.5 Å². The number of para-hydroxylation sites is 3. The fourth-order valence-corrected chi connectivity index (χ4v) is 5.45. The molecule has 44 heavy (non-hydrogen) atoms. The molecule has 0 N–H and O–H groups in total. The number of ether oxygens (including phenoxy) is 1. The Hall–Kier alpha value is -5.69. The number of fused-ring (bicyclic) bond motifs is 3. The minimum Gasteiger partial charge on any atom is -0.456 e. The van der Waals surface area contributed by atoms with E-state index in [2.05, 4.69) is 33.9 Å². The second-order valence-electron chi connectivity index (χ2n) is 10.2. The number of anilines is 6. The summed E-state index contributed by atoms with van der Waals surface area (Å²) in [7, 11) is 0. The number of halogens is 3. The van der Waals surface area contributed by atoms with Crippen molar-refractivity contribution in [1.82, 2.24) is 0 Å². The maximum atomic E-state index is 12.8. The molecular formula is C37H25F3N2O2. The van der Waals surface area contributed by atoms with Gasteiger partial charge in [-0.15, -0.1) is 13.2 Å². The molecule has 0 amide bonds. The molecule has 0 fully saturated rings. The number of hydrogen-bond donors (Lipinski definition) is 0. The van der Waals surface area contributed by atoms with Gasteiger partial charge in [-0.1, -0.05) is 54.6 Å². The molecule has 0 unspecified atom stereocenters. The zero-order chi connectivity index (χ0) is 30.1. The van der Waals surface area contributed by atoms with Crippen LogP contribution >= 0.6 is 0 Å². The van der Waals surface area contributed by atoms with Crippen LogP contribution in [0, 0.1) is 0 Å². The molecule has 0 aliphatic carbocycles. The number of furan rings is 1. The average molecular weight is 587 g/mol. The third-order valence-corrected chi connectivity index (χ3v) is 7.34. The number of benzene rings is 6. The maximum absolute atomic E-state index is 12.8. The van der Waals surface area contributed by atoms with Crippen molar-refractivity contribution in [2.75, 3.05) is 9.80 Å². The van der Waals surface area contributed by atoms with E-state index in [9.17, 15) is 13.2 Å². The van der Waals surface area contributed by atoms with E-state index >= 15 is 0 Å². The van der Waals surface area contributed by atoms with Gasteiger partial charge in [-0.05, 0) is 97.1 Å². The summed E-state index contributed by atoms with van der Waals surface area (Å²) in [4.78, 5) is 4.17. The van der Waals surface area contributed by atoms with Crippen molar-refractivity contribution in [3.05, 3.63) is 152 Å². The van der Waals surface area contributed by atoms with Crippen molar-refractivity contribution >= 4 is 56.1 Å². The van der Waals surface area contributed by atoms with Gasteiger partial charge in [0.15, 0.2) is 0 Å². The van der Waals surface area contributed by atoms with Crippen LogP contribution in [0.2, 0.25) is 0 Å². The molecule has 0 radical (unpaired) electrons. The highest BCUT2D eigenvalue weighted by atomic mass is 19.4. The Kier molecular flexibility index (Phi) is 6.91. The Morgan fingerprint density at radius 1 is 0.432 bits per heavy atom. The van der Waals surface area contributed by atoms with E-state index in [-0.39, 0.29) is 5.75 Å². The standard InChI is InChI=1S/C37H25F3N2O2/c38-37(39,40)44-32-22-19-30(20-23-32)41(26-9-3-1-4-10-26)28-15-17-29(18-16-28)42(27-11-5-2-6-12-27)31-21-24-36-34(25-31)33-13-7-8-14-35(33)43-36/h1-25H. The summed E-state index contributed by atoms with van der Waals surface area (Å²) in [6, 6.07) is 47.9. The minimum atomic E-state index is -4.75. The quantitative estimate of drug-likeness (QED) is 0.186. The summed E-state index contributed by atoms with van der Waals surface area (Å²) in [5.41, 5.74) is 6.97. The Bertz CT molecular complexity index is 2020. The molecule has 7 aromatic rings. The van der Waals surface area contributed by atoms with Gasteiger partial charge < -0.3 is 19.0 Å². The molecule has 0 spiro atoms. The number of nitrogens with zero attached hydrogens (tertiary/aromatic N) is 2. The SMILES string of the molecule is FC(F)(F)Oc1ccc(N(c2ccccc2)c2ccc(N(c3ccccc3)c3ccc4oc5ccccc5c4c3)cc2)cc1. The van der Waals surface area contributed by atoms with Gasteiger partial charge in [-0.3, -0.25) is 0 Å². The van der Waals surface area contributed by atoms with Crippen molar-refractivity contribution in [3.63, 3.8) is 0 Å². The zero-order valence-electron chi connectivity index (χ0n) is 23.3. The molecular weight excluding hydrogens is 561 g/mol. The first-order chi connectivity index (χ1) is 21.4. The van der Waals surface area contributed by atoms with Crippen LogP contribution in [0.5, 0.6) is 5.75 Å². The molecule has 0 saturated carbocycles. The number of hydrogen-bond acceptors (Lipinski definition) is 4. The number of alkyl halides is 3. The highest BCUT2D eigenvalue weighted by Gasteiger charge is 2.31. The Balaban J connectivity index is 1.29. The monoisotopic (exact) mass is 586 g/mol. The molecule has 0 aliphatic rings. The van der Waals surface area contributed by atoms with Crippen LogP contribution in [0.3, 0.4) is 0 Å². The molecule has 7 heteroatoms. The summed E-state index contributed by atoms with van der Waals surface area (Å²) < 4.78 is 48.5. The van der Waals surface area contributed by atoms with Gasteiger partial charge >= 0.3 is 6.36 Å². The molecule has 1 aromatic heterocycles. The van der Waals surface area contributed by atoms with E-state index in [1.807, 2.05) is 108 Å². The lowest BCUT2D eigenvalue weighted by Crippen LogP contribution is -2.17. The first-order valence-electron chi connectivity index (χ1n) is 14.0. The lowest BCUT2D eigenvalue weighted by molar-refractivity contribution is -0.274. The second kappa shape index (κ2) is 11.2. The summed E-state index contributed by atoms with van der Waals surface area (Å²) in [5, 5.41) is 2.08. The minimum absolute atomic E-state index is 0.273. The fourth-order valence-electron chi connectivity index (χ4n) is 5.45. The van der Waals surface area contributed by atoms with Gasteiger partial charge in [0.2, 0.25) is 0 Å². The maximum Gasteiger partial charge on any atom is 0.573 e. The van der Waals surface area contributed by atoms with E-state index in [1.165, 1.54) is 12.1 Å². The fraction of sp³-hybridized carbons (Fsp3) is 0.0270. The van der Waals surface area contributed by atoms with Crippen molar-refractivity contribution < 1.29 is 22.3 Å². The molecule has 4 nitrogen and oxygen atoms in total. The molecule has 1 heterocycles. The third-order valence-electron chi connectivity index (χ3n) is 7.34. The van der Waals surface area contributed by atoms with Gasteiger partial charge in [-0.2, -0.15) is 0 Å². The van der Waals surface area contributed by atoms with Crippen molar-refractivity contribution in [2.45, 2.75) is 6.36 Å². The predicted molar refractivity (Wildman–Crippen MR) is 170 cm³/mol. The lowest BCUT2D eigenvalue weighted by Gasteiger charge is -2.28. The Morgan fingerprint density at radius 2 is 0.864 bits per heavy atom. The molecule has 6 aromatic carbocycles. The van der Waals surface area contributed by atoms with Crippen LogP contribution in [0.1, 0.15) is 0 Å². The molecule has 7 rings (SSSR count). The van der Waals surface area contributed by atoms with E-state index in [1.54, 1.807) is 12.1 Å². The summed E-state index contributed by atoms with van der Waals surface area (Å²) in [6.45, 7) is 0. The van der Waals surface area contributed by atoms with Crippen LogP contribution in [-0.4, -0.2) is 6.36 Å². The van der Waals surface area contributed by atoms with E-state index in [4.69, 9.17) is 4.42 Å². The third kappa shape index (κ3) is 5.43. The lowest BCUT2D eigenvalue weighted by atomic mass is 10.1. The van der Waals surface area contributed by atoms with Crippen molar-refractivity contribution in [3.8, 4) is 5.75 Å². The van der Waals surface area contributed by atoms with E-state index < -0.39 is 6.36 Å². The highest BCUT2D eigenvalue weighted by molar-refractivity contribution is 6.06. The largest absolute Gasteiger partial charge is 0.573 e. The summed E-state index contributed by atoms with van der Waals surface area (Å²) in [5.74, 6) is -0.273. The van der Waals surface area contributed by atoms with E-state index in [0.29, 0.717) is 5.69 Å². The van der Waals surface area contributed by atoms with Crippen molar-refractivity contribution in [2.24, 2.45) is 0 Å². The van der Waals surface area contributed by atoms with Crippen molar-refractivity contribution in [1.29, 1.82) is 0 Å².